The van der Waals surface area contributed by atoms with Gasteiger partial charge in [0.2, 0.25) is 0 Å². The first-order valence-electron chi connectivity index (χ1n) is 5.28. The highest BCUT2D eigenvalue weighted by atomic mass is 16.3. The standard InChI is InChI=1S/C10H18N4O2/c1-7(2)14(4-3-5-15)10(16)9-8(11)6-12-13-9/h6-7,15H,3-5,11H2,1-2H3,(H,12,13). The van der Waals surface area contributed by atoms with Crippen LogP contribution in [0.25, 0.3) is 0 Å². The smallest absolute Gasteiger partial charge is 0.274 e. The number of nitrogens with two attached hydrogens (primary N) is 1. The first-order chi connectivity index (χ1) is 7.57. The van der Waals surface area contributed by atoms with Gasteiger partial charge in [-0.15, -0.1) is 0 Å². The zero-order valence-corrected chi connectivity index (χ0v) is 9.60. The second-order valence-corrected chi connectivity index (χ2v) is 3.87. The Labute approximate surface area is 94.4 Å². The van der Waals surface area contributed by atoms with Gasteiger partial charge in [-0.25, -0.2) is 0 Å². The van der Waals surface area contributed by atoms with E-state index in [2.05, 4.69) is 10.2 Å². The third kappa shape index (κ3) is 2.73. The third-order valence-electron chi connectivity index (χ3n) is 2.32. The topological polar surface area (TPSA) is 95.2 Å². The molecule has 0 aliphatic heterocycles. The van der Waals surface area contributed by atoms with Gasteiger partial charge in [-0.1, -0.05) is 0 Å². The number of hydrogen-bond donors (Lipinski definition) is 3. The predicted molar refractivity (Wildman–Crippen MR) is 60.9 cm³/mol. The molecule has 1 aromatic heterocycles. The summed E-state index contributed by atoms with van der Waals surface area (Å²) in [5.74, 6) is -0.182. The average molecular weight is 226 g/mol. The van der Waals surface area contributed by atoms with Crippen LogP contribution in [-0.2, 0) is 0 Å². The fourth-order valence-electron chi connectivity index (χ4n) is 1.45. The first-order valence-corrected chi connectivity index (χ1v) is 5.28. The molecule has 1 aromatic rings. The number of nitrogens with one attached hydrogen (secondary N) is 1. The quantitative estimate of drug-likeness (QED) is 0.669. The predicted octanol–water partition coefficient (Wildman–Crippen LogP) is 0.225. The Kier molecular flexibility index (Phi) is 4.30. The minimum absolute atomic E-state index is 0.0572. The van der Waals surface area contributed by atoms with Gasteiger partial charge in [0.1, 0.15) is 5.69 Å². The van der Waals surface area contributed by atoms with E-state index >= 15 is 0 Å². The number of aromatic amines is 1. The molecule has 0 atom stereocenters. The molecule has 90 valence electrons. The Morgan fingerprint density at radius 3 is 2.81 bits per heavy atom. The van der Waals surface area contributed by atoms with Gasteiger partial charge in [0.05, 0.1) is 11.9 Å². The molecule has 6 heteroatoms. The number of hydrogen-bond acceptors (Lipinski definition) is 4. The summed E-state index contributed by atoms with van der Waals surface area (Å²) < 4.78 is 0. The van der Waals surface area contributed by atoms with E-state index in [1.54, 1.807) is 4.90 Å². The molecule has 1 amide bonds. The molecule has 0 unspecified atom stereocenters. The largest absolute Gasteiger partial charge is 0.396 e. The fraction of sp³-hybridized carbons (Fsp3) is 0.600. The minimum Gasteiger partial charge on any atom is -0.396 e. The van der Waals surface area contributed by atoms with Crippen LogP contribution in [0.2, 0.25) is 0 Å². The molecule has 16 heavy (non-hydrogen) atoms. The summed E-state index contributed by atoms with van der Waals surface area (Å²) in [4.78, 5) is 13.7. The highest BCUT2D eigenvalue weighted by molar-refractivity contribution is 5.97. The van der Waals surface area contributed by atoms with E-state index in [1.807, 2.05) is 13.8 Å². The Bertz CT molecular complexity index is 348. The number of nitrogen functional groups attached to an aromatic ring is 1. The lowest BCUT2D eigenvalue weighted by Gasteiger charge is -2.26. The maximum absolute atomic E-state index is 12.1. The Morgan fingerprint density at radius 1 is 1.69 bits per heavy atom. The molecule has 0 saturated carbocycles. The van der Waals surface area contributed by atoms with Crippen LogP contribution < -0.4 is 5.73 Å². The lowest BCUT2D eigenvalue weighted by molar-refractivity contribution is 0.0688. The van der Waals surface area contributed by atoms with Crippen LogP contribution in [0.4, 0.5) is 5.69 Å². The molecule has 0 saturated heterocycles. The van der Waals surface area contributed by atoms with Crippen LogP contribution in [0.5, 0.6) is 0 Å². The van der Waals surface area contributed by atoms with E-state index < -0.39 is 0 Å². The second kappa shape index (κ2) is 5.50. The summed E-state index contributed by atoms with van der Waals surface area (Å²) in [5, 5.41) is 15.1. The number of anilines is 1. The highest BCUT2D eigenvalue weighted by Crippen LogP contribution is 2.12. The van der Waals surface area contributed by atoms with Crippen LogP contribution in [0.15, 0.2) is 6.20 Å². The van der Waals surface area contributed by atoms with E-state index in [9.17, 15) is 4.79 Å². The number of nitrogens with zero attached hydrogens (tertiary/aromatic N) is 2. The monoisotopic (exact) mass is 226 g/mol. The summed E-state index contributed by atoms with van der Waals surface area (Å²) in [6, 6.07) is 0.0572. The Morgan fingerprint density at radius 2 is 2.38 bits per heavy atom. The van der Waals surface area contributed by atoms with Gasteiger partial charge < -0.3 is 15.7 Å². The van der Waals surface area contributed by atoms with Crippen molar-refractivity contribution in [1.82, 2.24) is 15.1 Å². The van der Waals surface area contributed by atoms with Gasteiger partial charge in [-0.2, -0.15) is 5.10 Å². The van der Waals surface area contributed by atoms with Crippen molar-refractivity contribution in [3.63, 3.8) is 0 Å². The van der Waals surface area contributed by atoms with Crippen molar-refractivity contribution in [3.8, 4) is 0 Å². The van der Waals surface area contributed by atoms with Crippen molar-refractivity contribution < 1.29 is 9.90 Å². The van der Waals surface area contributed by atoms with E-state index in [0.717, 1.165) is 0 Å². The van der Waals surface area contributed by atoms with Gasteiger partial charge in [0, 0.05) is 19.2 Å². The maximum Gasteiger partial charge on any atom is 0.274 e. The van der Waals surface area contributed by atoms with Crippen molar-refractivity contribution in [2.45, 2.75) is 26.3 Å². The summed E-state index contributed by atoms with van der Waals surface area (Å²) >= 11 is 0. The molecular weight excluding hydrogens is 208 g/mol. The molecule has 0 bridgehead atoms. The molecular formula is C10H18N4O2. The fourth-order valence-corrected chi connectivity index (χ4v) is 1.45. The molecule has 6 nitrogen and oxygen atoms in total. The summed E-state index contributed by atoms with van der Waals surface area (Å²) in [6.07, 6.45) is 1.97. The molecule has 4 N–H and O–H groups in total. The maximum atomic E-state index is 12.1. The SMILES string of the molecule is CC(C)N(CCCO)C(=O)c1[nH]ncc1N. The van der Waals surface area contributed by atoms with E-state index in [-0.39, 0.29) is 18.6 Å². The number of carbonyl (C=O) groups is 1. The molecule has 0 aliphatic rings. The Hall–Kier alpha value is -1.56. The molecule has 0 aliphatic carbocycles. The van der Waals surface area contributed by atoms with Crippen LogP contribution >= 0.6 is 0 Å². The molecule has 1 rings (SSSR count). The van der Waals surface area contributed by atoms with Crippen LogP contribution in [0.1, 0.15) is 30.8 Å². The highest BCUT2D eigenvalue weighted by Gasteiger charge is 2.21. The number of rotatable bonds is 5. The zero-order valence-electron chi connectivity index (χ0n) is 9.60. The Balaban J connectivity index is 2.79. The number of aromatic nitrogens is 2. The second-order valence-electron chi connectivity index (χ2n) is 3.87. The van der Waals surface area contributed by atoms with E-state index in [0.29, 0.717) is 24.3 Å². The van der Waals surface area contributed by atoms with Crippen molar-refractivity contribution in [3.05, 3.63) is 11.9 Å². The molecule has 1 heterocycles. The van der Waals surface area contributed by atoms with E-state index in [1.165, 1.54) is 6.20 Å². The van der Waals surface area contributed by atoms with Gasteiger partial charge in [-0.3, -0.25) is 9.89 Å². The van der Waals surface area contributed by atoms with Gasteiger partial charge >= 0.3 is 0 Å². The number of carbonyl (C=O) groups excluding carboxylic acids is 1. The lowest BCUT2D eigenvalue weighted by Crippen LogP contribution is -2.38. The number of aliphatic hydroxyl groups excluding tert-OH is 1. The molecule has 0 aromatic carbocycles. The average Bonchev–Trinajstić information content (AvgIpc) is 2.64. The first kappa shape index (κ1) is 12.5. The van der Waals surface area contributed by atoms with Crippen molar-refractivity contribution in [2.24, 2.45) is 0 Å². The normalized spacial score (nSPS) is 10.8. The summed E-state index contributed by atoms with van der Waals surface area (Å²) in [5.41, 5.74) is 6.28. The summed E-state index contributed by atoms with van der Waals surface area (Å²) in [7, 11) is 0. The van der Waals surface area contributed by atoms with Crippen LogP contribution in [0, 0.1) is 0 Å². The van der Waals surface area contributed by atoms with E-state index in [4.69, 9.17) is 10.8 Å². The number of amides is 1. The zero-order chi connectivity index (χ0) is 12.1. The van der Waals surface area contributed by atoms with Crippen LogP contribution in [0.3, 0.4) is 0 Å². The third-order valence-corrected chi connectivity index (χ3v) is 2.32. The van der Waals surface area contributed by atoms with Gasteiger partial charge in [0.25, 0.3) is 5.91 Å². The van der Waals surface area contributed by atoms with Crippen molar-refractivity contribution >= 4 is 11.6 Å². The number of aliphatic hydroxyl groups is 1. The van der Waals surface area contributed by atoms with Gasteiger partial charge in [-0.05, 0) is 20.3 Å². The molecule has 0 radical (unpaired) electrons. The van der Waals surface area contributed by atoms with Crippen LogP contribution in [-0.4, -0.2) is 45.3 Å². The number of H-pyrrole nitrogens is 1. The molecule has 0 spiro atoms. The summed E-state index contributed by atoms with van der Waals surface area (Å²) in [6.45, 7) is 4.41. The minimum atomic E-state index is -0.182. The van der Waals surface area contributed by atoms with Gasteiger partial charge in [0.15, 0.2) is 0 Å². The van der Waals surface area contributed by atoms with Crippen molar-refractivity contribution in [1.29, 1.82) is 0 Å². The van der Waals surface area contributed by atoms with Crippen molar-refractivity contribution in [2.75, 3.05) is 18.9 Å². The lowest BCUT2D eigenvalue weighted by atomic mass is 10.2. The molecule has 0 fully saturated rings.